The van der Waals surface area contributed by atoms with Crippen molar-refractivity contribution < 1.29 is 24.6 Å². The molecule has 1 aromatic carbocycles. The molecule has 0 spiro atoms. The highest BCUT2D eigenvalue weighted by Gasteiger charge is 2.28. The van der Waals surface area contributed by atoms with Crippen LogP contribution in [0.2, 0.25) is 0 Å². The molecule has 0 saturated carbocycles. The molecule has 0 aliphatic heterocycles. The van der Waals surface area contributed by atoms with Crippen LogP contribution in [-0.2, 0) is 20.9 Å². The molecule has 0 heterocycles. The van der Waals surface area contributed by atoms with Crippen LogP contribution in [0.4, 0.5) is 0 Å². The van der Waals surface area contributed by atoms with E-state index in [1.165, 1.54) is 16.8 Å². The third kappa shape index (κ3) is 7.00. The van der Waals surface area contributed by atoms with Gasteiger partial charge in [-0.15, -0.1) is 0 Å². The molecule has 9 nitrogen and oxygen atoms in total. The SMILES string of the molecule is CCN(C)C(=O)/C(C(=N)N(C=O)Cc1ccccc1)=C(\O)CN(CC(=O)O)C(C)C. The van der Waals surface area contributed by atoms with E-state index < -0.39 is 23.5 Å². The molecular weight excluding hydrogens is 388 g/mol. The van der Waals surface area contributed by atoms with Crippen molar-refractivity contribution in [1.82, 2.24) is 14.7 Å². The second-order valence-corrected chi connectivity index (χ2v) is 7.10. The number of nitrogens with zero attached hydrogens (tertiary/aromatic N) is 3. The lowest BCUT2D eigenvalue weighted by Gasteiger charge is -2.27. The average molecular weight is 418 g/mol. The molecule has 0 radical (unpaired) electrons. The lowest BCUT2D eigenvalue weighted by molar-refractivity contribution is -0.138. The highest BCUT2D eigenvalue weighted by Crippen LogP contribution is 2.15. The molecule has 164 valence electrons. The number of carbonyl (C=O) groups excluding carboxylic acids is 2. The monoisotopic (exact) mass is 418 g/mol. The first-order valence-corrected chi connectivity index (χ1v) is 9.60. The molecule has 2 amide bonds. The molecule has 1 aromatic rings. The molecule has 30 heavy (non-hydrogen) atoms. The highest BCUT2D eigenvalue weighted by molar-refractivity contribution is 6.21. The minimum atomic E-state index is -1.08. The normalized spacial score (nSPS) is 11.8. The summed E-state index contributed by atoms with van der Waals surface area (Å²) in [5.41, 5.74) is 0.414. The molecule has 0 unspecified atom stereocenters. The zero-order chi connectivity index (χ0) is 22.8. The minimum Gasteiger partial charge on any atom is -0.510 e. The van der Waals surface area contributed by atoms with Crippen molar-refractivity contribution in [2.45, 2.75) is 33.4 Å². The molecule has 0 fully saturated rings. The predicted molar refractivity (Wildman–Crippen MR) is 113 cm³/mol. The summed E-state index contributed by atoms with van der Waals surface area (Å²) in [6.07, 6.45) is 0.430. The van der Waals surface area contributed by atoms with Gasteiger partial charge in [-0.3, -0.25) is 29.6 Å². The first-order chi connectivity index (χ1) is 14.1. The Morgan fingerprint density at radius 2 is 1.73 bits per heavy atom. The number of amidine groups is 1. The zero-order valence-electron chi connectivity index (χ0n) is 17.8. The molecular formula is C21H30N4O5. The molecule has 0 aromatic heterocycles. The lowest BCUT2D eigenvalue weighted by atomic mass is 10.1. The van der Waals surface area contributed by atoms with Crippen LogP contribution in [0.1, 0.15) is 26.3 Å². The van der Waals surface area contributed by atoms with Gasteiger partial charge in [0.1, 0.15) is 17.2 Å². The lowest BCUT2D eigenvalue weighted by Crippen LogP contribution is -2.41. The second kappa shape index (κ2) is 11.7. The number of carbonyl (C=O) groups is 3. The first-order valence-electron chi connectivity index (χ1n) is 9.60. The number of aliphatic carboxylic acids is 1. The Hall–Kier alpha value is -3.20. The summed E-state index contributed by atoms with van der Waals surface area (Å²) < 4.78 is 0. The number of hydrogen-bond donors (Lipinski definition) is 3. The second-order valence-electron chi connectivity index (χ2n) is 7.10. The molecule has 9 heteroatoms. The molecule has 0 bridgehead atoms. The Balaban J connectivity index is 3.33. The van der Waals surface area contributed by atoms with Crippen LogP contribution < -0.4 is 0 Å². The van der Waals surface area contributed by atoms with E-state index in [1.54, 1.807) is 45.0 Å². The number of hydrogen-bond acceptors (Lipinski definition) is 6. The van der Waals surface area contributed by atoms with Gasteiger partial charge in [0.25, 0.3) is 5.91 Å². The summed E-state index contributed by atoms with van der Waals surface area (Å²) in [5.74, 6) is -2.61. The average Bonchev–Trinajstić information content (AvgIpc) is 2.71. The Bertz CT molecular complexity index is 792. The number of rotatable bonds is 11. The number of carboxylic acids is 1. The van der Waals surface area contributed by atoms with Crippen molar-refractivity contribution in [3.05, 3.63) is 47.2 Å². The summed E-state index contributed by atoms with van der Waals surface area (Å²) in [4.78, 5) is 39.5. The summed E-state index contributed by atoms with van der Waals surface area (Å²) in [6, 6.07) is 8.72. The molecule has 0 atom stereocenters. The topological polar surface area (TPSA) is 125 Å². The smallest absolute Gasteiger partial charge is 0.317 e. The Labute approximate surface area is 176 Å². The van der Waals surface area contributed by atoms with Crippen LogP contribution in [0, 0.1) is 5.41 Å². The van der Waals surface area contributed by atoms with Gasteiger partial charge in [0, 0.05) is 19.6 Å². The molecule has 0 aliphatic rings. The van der Waals surface area contributed by atoms with Crippen LogP contribution in [0.3, 0.4) is 0 Å². The molecule has 1 rings (SSSR count). The summed E-state index contributed by atoms with van der Waals surface area (Å²) >= 11 is 0. The molecule has 0 aliphatic carbocycles. The van der Waals surface area contributed by atoms with Gasteiger partial charge in [0.15, 0.2) is 0 Å². The van der Waals surface area contributed by atoms with Crippen molar-refractivity contribution in [2.75, 3.05) is 26.7 Å². The Kier molecular flexibility index (Phi) is 9.70. The predicted octanol–water partition coefficient (Wildman–Crippen LogP) is 1.71. The summed E-state index contributed by atoms with van der Waals surface area (Å²) in [5, 5.41) is 28.3. The van der Waals surface area contributed by atoms with E-state index in [1.807, 2.05) is 6.07 Å². The minimum absolute atomic E-state index is 0.0477. The fraction of sp³-hybridized carbons (Fsp3) is 0.429. The number of benzene rings is 1. The Morgan fingerprint density at radius 1 is 1.13 bits per heavy atom. The fourth-order valence-electron chi connectivity index (χ4n) is 2.65. The maximum Gasteiger partial charge on any atom is 0.317 e. The van der Waals surface area contributed by atoms with Gasteiger partial charge in [0.05, 0.1) is 19.6 Å². The van der Waals surface area contributed by atoms with Crippen molar-refractivity contribution >= 4 is 24.1 Å². The highest BCUT2D eigenvalue weighted by atomic mass is 16.4. The van der Waals surface area contributed by atoms with E-state index >= 15 is 0 Å². The van der Waals surface area contributed by atoms with Gasteiger partial charge in [-0.2, -0.15) is 0 Å². The van der Waals surface area contributed by atoms with E-state index in [9.17, 15) is 19.5 Å². The fourth-order valence-corrected chi connectivity index (χ4v) is 2.65. The number of nitrogens with one attached hydrogen (secondary N) is 1. The van der Waals surface area contributed by atoms with Crippen molar-refractivity contribution in [2.24, 2.45) is 0 Å². The largest absolute Gasteiger partial charge is 0.510 e. The summed E-state index contributed by atoms with van der Waals surface area (Å²) in [6.45, 7) is 5.04. The van der Waals surface area contributed by atoms with E-state index in [0.717, 1.165) is 10.5 Å². The van der Waals surface area contributed by atoms with Crippen molar-refractivity contribution in [1.29, 1.82) is 5.41 Å². The Morgan fingerprint density at radius 3 is 2.20 bits per heavy atom. The van der Waals surface area contributed by atoms with Gasteiger partial charge in [-0.05, 0) is 26.3 Å². The quantitative estimate of drug-likeness (QED) is 0.165. The van der Waals surface area contributed by atoms with E-state index in [4.69, 9.17) is 10.5 Å². The van der Waals surface area contributed by atoms with Crippen LogP contribution in [0.15, 0.2) is 41.7 Å². The van der Waals surface area contributed by atoms with Gasteiger partial charge in [-0.1, -0.05) is 30.3 Å². The van der Waals surface area contributed by atoms with Crippen LogP contribution in [0.25, 0.3) is 0 Å². The number of aliphatic hydroxyl groups excluding tert-OH is 1. The van der Waals surface area contributed by atoms with Gasteiger partial charge >= 0.3 is 5.97 Å². The zero-order valence-corrected chi connectivity index (χ0v) is 17.8. The van der Waals surface area contributed by atoms with Crippen LogP contribution in [0.5, 0.6) is 0 Å². The maximum absolute atomic E-state index is 12.9. The van der Waals surface area contributed by atoms with E-state index in [2.05, 4.69) is 0 Å². The van der Waals surface area contributed by atoms with Crippen molar-refractivity contribution in [3.63, 3.8) is 0 Å². The van der Waals surface area contributed by atoms with Crippen LogP contribution >= 0.6 is 0 Å². The number of likely N-dealkylation sites (N-methyl/N-ethyl adjacent to an activating group) is 1. The van der Waals surface area contributed by atoms with Crippen molar-refractivity contribution in [3.8, 4) is 0 Å². The van der Waals surface area contributed by atoms with E-state index in [0.29, 0.717) is 13.0 Å². The van der Waals surface area contributed by atoms with Gasteiger partial charge < -0.3 is 15.1 Å². The maximum atomic E-state index is 12.9. The number of aliphatic hydroxyl groups is 1. The third-order valence-corrected chi connectivity index (χ3v) is 4.59. The summed E-state index contributed by atoms with van der Waals surface area (Å²) in [7, 11) is 1.52. The number of amides is 2. The number of carboxylic acid groups (broad SMARTS) is 1. The standard InChI is InChI=1S/C21H30N4O5/c1-5-23(4)21(30)19(17(27)12-24(15(2)3)13-18(28)29)20(22)25(14-26)11-16-9-7-6-8-10-16/h6-10,14-15,22,27H,5,11-13H2,1-4H3,(H,28,29)/b19-17-,22-20?. The first kappa shape index (κ1) is 24.8. The van der Waals surface area contributed by atoms with E-state index in [-0.39, 0.29) is 31.2 Å². The molecule has 3 N–H and O–H groups in total. The third-order valence-electron chi connectivity index (χ3n) is 4.59. The van der Waals surface area contributed by atoms with Gasteiger partial charge in [0.2, 0.25) is 6.41 Å². The van der Waals surface area contributed by atoms with Gasteiger partial charge in [-0.25, -0.2) is 0 Å². The molecule has 0 saturated heterocycles. The van der Waals surface area contributed by atoms with Crippen LogP contribution in [-0.4, -0.2) is 81.8 Å².